The maximum atomic E-state index is 11.1. The van der Waals surface area contributed by atoms with E-state index in [1.54, 1.807) is 24.3 Å². The molecule has 1 aromatic rings. The maximum absolute atomic E-state index is 11.1. The van der Waals surface area contributed by atoms with E-state index in [1.165, 1.54) is 7.11 Å². The summed E-state index contributed by atoms with van der Waals surface area (Å²) in [5, 5.41) is 0. The summed E-state index contributed by atoms with van der Waals surface area (Å²) in [6.45, 7) is 0. The molecule has 0 heterocycles. The first-order valence-electron chi connectivity index (χ1n) is 3.75. The lowest BCUT2D eigenvalue weighted by Gasteiger charge is -2.08. The van der Waals surface area contributed by atoms with Gasteiger partial charge in [-0.05, 0) is 17.7 Å². The average Bonchev–Trinajstić information content (AvgIpc) is 2.09. The molecule has 0 radical (unpaired) electrons. The van der Waals surface area contributed by atoms with Crippen LogP contribution in [0, 0.1) is 0 Å². The van der Waals surface area contributed by atoms with Crippen LogP contribution < -0.4 is 5.73 Å². The van der Waals surface area contributed by atoms with E-state index in [2.05, 4.69) is 4.52 Å². The summed E-state index contributed by atoms with van der Waals surface area (Å²) >= 11 is 0. The van der Waals surface area contributed by atoms with Gasteiger partial charge in [0.1, 0.15) is 0 Å². The molecule has 5 heteroatoms. The molecule has 1 aromatic carbocycles. The van der Waals surface area contributed by atoms with Crippen molar-refractivity contribution in [2.45, 2.75) is 6.16 Å². The highest BCUT2D eigenvalue weighted by molar-refractivity contribution is 7.51. The van der Waals surface area contributed by atoms with Crippen LogP contribution in [-0.2, 0) is 15.3 Å². The SMILES string of the molecule is COP(=O)(O)Cc1ccc(N)cc1. The molecule has 0 amide bonds. The largest absolute Gasteiger partial charge is 0.399 e. The van der Waals surface area contributed by atoms with Crippen molar-refractivity contribution < 1.29 is 14.0 Å². The summed E-state index contributed by atoms with van der Waals surface area (Å²) in [4.78, 5) is 9.15. The molecule has 72 valence electrons. The predicted octanol–water partition coefficient (Wildman–Crippen LogP) is 1.60. The highest BCUT2D eigenvalue weighted by Crippen LogP contribution is 2.44. The van der Waals surface area contributed by atoms with Crippen molar-refractivity contribution in [2.75, 3.05) is 12.8 Å². The molecule has 1 atom stereocenters. The zero-order chi connectivity index (χ0) is 9.90. The fraction of sp³-hybridized carbons (Fsp3) is 0.250. The van der Waals surface area contributed by atoms with E-state index in [4.69, 9.17) is 10.6 Å². The van der Waals surface area contributed by atoms with Crippen molar-refractivity contribution in [3.63, 3.8) is 0 Å². The molecule has 0 fully saturated rings. The van der Waals surface area contributed by atoms with E-state index < -0.39 is 7.60 Å². The molecular weight excluding hydrogens is 189 g/mol. The molecule has 0 saturated heterocycles. The van der Waals surface area contributed by atoms with Crippen LogP contribution in [0.1, 0.15) is 5.56 Å². The van der Waals surface area contributed by atoms with Gasteiger partial charge >= 0.3 is 7.60 Å². The Labute approximate surface area is 76.9 Å². The summed E-state index contributed by atoms with van der Waals surface area (Å²) in [5.41, 5.74) is 6.83. The standard InChI is InChI=1S/C8H12NO3P/c1-12-13(10,11)6-7-2-4-8(9)5-3-7/h2-5H,6,9H2,1H3,(H,10,11). The molecule has 3 N–H and O–H groups in total. The Hall–Kier alpha value is -0.830. The topological polar surface area (TPSA) is 72.5 Å². The van der Waals surface area contributed by atoms with Crippen LogP contribution in [0.2, 0.25) is 0 Å². The van der Waals surface area contributed by atoms with Gasteiger partial charge in [0.05, 0.1) is 6.16 Å². The minimum absolute atomic E-state index is 0.0176. The first kappa shape index (κ1) is 10.3. The molecular formula is C8H12NO3P. The van der Waals surface area contributed by atoms with Crippen LogP contribution in [0.4, 0.5) is 5.69 Å². The fourth-order valence-corrected chi connectivity index (χ4v) is 1.72. The third-order valence-corrected chi connectivity index (χ3v) is 2.98. The Bertz CT molecular complexity index is 323. The van der Waals surface area contributed by atoms with Gasteiger partial charge in [-0.2, -0.15) is 0 Å². The normalized spacial score (nSPS) is 15.2. The summed E-state index contributed by atoms with van der Waals surface area (Å²) in [6.07, 6.45) is 0.0176. The van der Waals surface area contributed by atoms with Crippen molar-refractivity contribution >= 4 is 13.3 Å². The van der Waals surface area contributed by atoms with Gasteiger partial charge < -0.3 is 15.2 Å². The van der Waals surface area contributed by atoms with E-state index in [0.29, 0.717) is 5.69 Å². The van der Waals surface area contributed by atoms with E-state index in [1.807, 2.05) is 0 Å². The van der Waals surface area contributed by atoms with Gasteiger partial charge in [-0.3, -0.25) is 4.57 Å². The van der Waals surface area contributed by atoms with Crippen LogP contribution in [-0.4, -0.2) is 12.0 Å². The van der Waals surface area contributed by atoms with Crippen LogP contribution in [0.5, 0.6) is 0 Å². The second kappa shape index (κ2) is 3.92. The van der Waals surface area contributed by atoms with Gasteiger partial charge in [-0.1, -0.05) is 12.1 Å². The second-order valence-corrected chi connectivity index (χ2v) is 4.68. The predicted molar refractivity (Wildman–Crippen MR) is 51.4 cm³/mol. The van der Waals surface area contributed by atoms with E-state index in [9.17, 15) is 4.57 Å². The van der Waals surface area contributed by atoms with E-state index in [0.717, 1.165) is 5.56 Å². The third-order valence-electron chi connectivity index (χ3n) is 1.65. The molecule has 0 saturated carbocycles. The number of hydrogen-bond donors (Lipinski definition) is 2. The van der Waals surface area contributed by atoms with E-state index in [-0.39, 0.29) is 6.16 Å². The number of anilines is 1. The molecule has 0 aromatic heterocycles. The Morgan fingerprint density at radius 1 is 1.46 bits per heavy atom. The first-order chi connectivity index (χ1) is 6.03. The highest BCUT2D eigenvalue weighted by Gasteiger charge is 2.17. The van der Waals surface area contributed by atoms with Crippen molar-refractivity contribution in [1.82, 2.24) is 0 Å². The summed E-state index contributed by atoms with van der Waals surface area (Å²) in [6, 6.07) is 6.78. The molecule has 0 bridgehead atoms. The van der Waals surface area contributed by atoms with Crippen LogP contribution in [0.3, 0.4) is 0 Å². The summed E-state index contributed by atoms with van der Waals surface area (Å²) in [5.74, 6) is 0. The lowest BCUT2D eigenvalue weighted by Crippen LogP contribution is -1.91. The molecule has 1 unspecified atom stereocenters. The lowest BCUT2D eigenvalue weighted by atomic mass is 10.2. The fourth-order valence-electron chi connectivity index (χ4n) is 0.918. The van der Waals surface area contributed by atoms with Crippen molar-refractivity contribution in [1.29, 1.82) is 0 Å². The Morgan fingerprint density at radius 3 is 2.46 bits per heavy atom. The minimum atomic E-state index is -3.45. The zero-order valence-electron chi connectivity index (χ0n) is 7.30. The molecule has 0 aliphatic heterocycles. The summed E-state index contributed by atoms with van der Waals surface area (Å²) in [7, 11) is -2.23. The van der Waals surface area contributed by atoms with Gasteiger partial charge in [0, 0.05) is 12.8 Å². The van der Waals surface area contributed by atoms with Crippen LogP contribution in [0.15, 0.2) is 24.3 Å². The van der Waals surface area contributed by atoms with Crippen molar-refractivity contribution in [3.8, 4) is 0 Å². The Balaban J connectivity index is 2.75. The number of rotatable bonds is 3. The average molecular weight is 201 g/mol. The maximum Gasteiger partial charge on any atom is 0.332 e. The lowest BCUT2D eigenvalue weighted by molar-refractivity contribution is 0.314. The molecule has 1 rings (SSSR count). The molecule has 0 aliphatic carbocycles. The van der Waals surface area contributed by atoms with Crippen LogP contribution in [0.25, 0.3) is 0 Å². The monoisotopic (exact) mass is 201 g/mol. The molecule has 0 spiro atoms. The zero-order valence-corrected chi connectivity index (χ0v) is 8.20. The Morgan fingerprint density at radius 2 is 2.00 bits per heavy atom. The number of benzene rings is 1. The van der Waals surface area contributed by atoms with Gasteiger partial charge in [0.25, 0.3) is 0 Å². The number of nitrogens with two attached hydrogens (primary N) is 1. The Kier molecular flexibility index (Phi) is 3.09. The van der Waals surface area contributed by atoms with Gasteiger partial charge in [-0.25, -0.2) is 0 Å². The van der Waals surface area contributed by atoms with E-state index >= 15 is 0 Å². The molecule has 4 nitrogen and oxygen atoms in total. The van der Waals surface area contributed by atoms with Gasteiger partial charge in [0.2, 0.25) is 0 Å². The van der Waals surface area contributed by atoms with Gasteiger partial charge in [-0.15, -0.1) is 0 Å². The molecule has 13 heavy (non-hydrogen) atoms. The van der Waals surface area contributed by atoms with Gasteiger partial charge in [0.15, 0.2) is 0 Å². The first-order valence-corrected chi connectivity index (χ1v) is 5.52. The number of hydrogen-bond acceptors (Lipinski definition) is 3. The smallest absolute Gasteiger partial charge is 0.332 e. The third kappa shape index (κ3) is 3.19. The molecule has 0 aliphatic rings. The van der Waals surface area contributed by atoms with Crippen molar-refractivity contribution in [2.24, 2.45) is 0 Å². The second-order valence-electron chi connectivity index (χ2n) is 2.72. The quantitative estimate of drug-likeness (QED) is 0.575. The summed E-state index contributed by atoms with van der Waals surface area (Å²) < 4.78 is 15.6. The highest BCUT2D eigenvalue weighted by atomic mass is 31.2. The van der Waals surface area contributed by atoms with Crippen LogP contribution >= 0.6 is 7.60 Å². The number of nitrogen functional groups attached to an aromatic ring is 1. The van der Waals surface area contributed by atoms with Crippen molar-refractivity contribution in [3.05, 3.63) is 29.8 Å². The minimum Gasteiger partial charge on any atom is -0.399 e.